The average molecular weight is 460 g/mol. The Morgan fingerprint density at radius 1 is 1.00 bits per heavy atom. The van der Waals surface area contributed by atoms with Crippen LogP contribution in [0.5, 0.6) is 0 Å². The summed E-state index contributed by atoms with van der Waals surface area (Å²) in [6.45, 7) is 4.03. The second kappa shape index (κ2) is 10.3. The molecule has 0 fully saturated rings. The van der Waals surface area contributed by atoms with Crippen molar-refractivity contribution in [2.24, 2.45) is 0 Å². The van der Waals surface area contributed by atoms with E-state index in [0.29, 0.717) is 17.0 Å². The minimum Gasteiger partial charge on any atom is -0.340 e. The number of benzene rings is 3. The highest BCUT2D eigenvalue weighted by Gasteiger charge is 2.32. The average Bonchev–Trinajstić information content (AvgIpc) is 2.83. The molecule has 0 saturated heterocycles. The van der Waals surface area contributed by atoms with E-state index in [9.17, 15) is 14.9 Å². The van der Waals surface area contributed by atoms with Crippen molar-refractivity contribution in [3.8, 4) is 17.3 Å². The third-order valence-corrected chi connectivity index (χ3v) is 6.02. The van der Waals surface area contributed by atoms with Gasteiger partial charge >= 0.3 is 0 Å². The summed E-state index contributed by atoms with van der Waals surface area (Å²) in [6.07, 6.45) is 2.17. The number of carbonyl (C=O) groups excluding carboxylic acids is 2. The molecule has 3 aromatic rings. The summed E-state index contributed by atoms with van der Waals surface area (Å²) in [5.74, 6) is -0.836. The molecule has 1 N–H and O–H groups in total. The van der Waals surface area contributed by atoms with Gasteiger partial charge in [0.05, 0.1) is 0 Å². The summed E-state index contributed by atoms with van der Waals surface area (Å²) in [7, 11) is 1.40. The van der Waals surface area contributed by atoms with Gasteiger partial charge in [-0.15, -0.1) is 0 Å². The Bertz CT molecular complexity index is 1170. The van der Waals surface area contributed by atoms with Gasteiger partial charge in [0.25, 0.3) is 11.8 Å². The van der Waals surface area contributed by atoms with Crippen molar-refractivity contribution in [3.63, 3.8) is 0 Å². The summed E-state index contributed by atoms with van der Waals surface area (Å²) in [5, 5.41) is 12.7. The molecule has 168 valence electrons. The highest BCUT2D eigenvalue weighted by atomic mass is 35.5. The Hall–Kier alpha value is -3.62. The Labute approximate surface area is 199 Å². The largest absolute Gasteiger partial charge is 0.340 e. The van der Waals surface area contributed by atoms with E-state index in [4.69, 9.17) is 11.6 Å². The van der Waals surface area contributed by atoms with Gasteiger partial charge in [-0.05, 0) is 41.2 Å². The standard InChI is InChI=1S/C27H26ClN3O2/c1-27(2,21-9-5-4-6-10-21)17-24(26(33)31(3)18-29)30-25(32)20-15-13-19(14-16-20)22-11-7-8-12-23(22)28/h4-16,24H,17H2,1-3H3,(H,30,32). The molecule has 0 saturated carbocycles. The maximum Gasteiger partial charge on any atom is 0.257 e. The van der Waals surface area contributed by atoms with Crippen LogP contribution in [0.1, 0.15) is 36.2 Å². The smallest absolute Gasteiger partial charge is 0.257 e. The Balaban J connectivity index is 1.82. The lowest BCUT2D eigenvalue weighted by molar-refractivity contribution is -0.129. The number of likely N-dealkylation sites (N-methyl/N-ethyl adjacent to an activating group) is 1. The number of carbonyl (C=O) groups is 2. The van der Waals surface area contributed by atoms with Gasteiger partial charge in [0.2, 0.25) is 0 Å². The summed E-state index contributed by atoms with van der Waals surface area (Å²) in [5.41, 5.74) is 2.82. The molecule has 0 aliphatic rings. The van der Waals surface area contributed by atoms with E-state index < -0.39 is 17.4 Å². The fourth-order valence-electron chi connectivity index (χ4n) is 3.74. The first kappa shape index (κ1) is 24.0. The van der Waals surface area contributed by atoms with Gasteiger partial charge in [-0.1, -0.05) is 86.1 Å². The van der Waals surface area contributed by atoms with Crippen molar-refractivity contribution in [2.75, 3.05) is 7.05 Å². The SMILES string of the molecule is CN(C#N)C(=O)C(CC(C)(C)c1ccccc1)NC(=O)c1ccc(-c2ccccc2Cl)cc1. The van der Waals surface area contributed by atoms with Crippen LogP contribution < -0.4 is 5.32 Å². The van der Waals surface area contributed by atoms with Crippen LogP contribution in [0, 0.1) is 11.5 Å². The molecule has 0 spiro atoms. The monoisotopic (exact) mass is 459 g/mol. The van der Waals surface area contributed by atoms with Crippen LogP contribution >= 0.6 is 11.6 Å². The number of hydrogen-bond acceptors (Lipinski definition) is 3. The van der Waals surface area contributed by atoms with E-state index in [2.05, 4.69) is 5.32 Å². The van der Waals surface area contributed by atoms with Gasteiger partial charge in [-0.2, -0.15) is 5.26 Å². The molecule has 0 radical (unpaired) electrons. The zero-order valence-corrected chi connectivity index (χ0v) is 19.6. The fourth-order valence-corrected chi connectivity index (χ4v) is 3.98. The maximum atomic E-state index is 13.0. The quantitative estimate of drug-likeness (QED) is 0.379. The lowest BCUT2D eigenvalue weighted by Crippen LogP contribution is -2.48. The number of amides is 2. The van der Waals surface area contributed by atoms with E-state index in [1.165, 1.54) is 7.05 Å². The number of nitrogens with one attached hydrogen (secondary N) is 1. The van der Waals surface area contributed by atoms with Gasteiger partial charge in [0, 0.05) is 23.2 Å². The van der Waals surface area contributed by atoms with Gasteiger partial charge < -0.3 is 5.32 Å². The predicted molar refractivity (Wildman–Crippen MR) is 131 cm³/mol. The first-order valence-electron chi connectivity index (χ1n) is 10.6. The van der Waals surface area contributed by atoms with E-state index >= 15 is 0 Å². The molecule has 3 rings (SSSR count). The molecule has 5 nitrogen and oxygen atoms in total. The van der Waals surface area contributed by atoms with Crippen molar-refractivity contribution in [1.29, 1.82) is 5.26 Å². The predicted octanol–water partition coefficient (Wildman–Crippen LogP) is 5.41. The molecule has 0 bridgehead atoms. The minimum absolute atomic E-state index is 0.339. The van der Waals surface area contributed by atoms with Gasteiger partial charge in [0.1, 0.15) is 6.04 Å². The molecule has 0 heterocycles. The molecular weight excluding hydrogens is 434 g/mol. The molecule has 33 heavy (non-hydrogen) atoms. The van der Waals surface area contributed by atoms with Crippen LogP contribution in [0.3, 0.4) is 0 Å². The molecular formula is C27H26ClN3O2. The normalized spacial score (nSPS) is 11.8. The van der Waals surface area contributed by atoms with Crippen molar-refractivity contribution < 1.29 is 9.59 Å². The van der Waals surface area contributed by atoms with Gasteiger partial charge in [-0.25, -0.2) is 0 Å². The van der Waals surface area contributed by atoms with Crippen LogP contribution in [0.2, 0.25) is 5.02 Å². The summed E-state index contributed by atoms with van der Waals surface area (Å²) < 4.78 is 0. The molecule has 0 aliphatic heterocycles. The number of hydrogen-bond donors (Lipinski definition) is 1. The first-order chi connectivity index (χ1) is 15.7. The molecule has 6 heteroatoms. The first-order valence-corrected chi connectivity index (χ1v) is 11.0. The van der Waals surface area contributed by atoms with Crippen LogP contribution in [0.4, 0.5) is 0 Å². The number of nitriles is 1. The van der Waals surface area contributed by atoms with Crippen molar-refractivity contribution in [3.05, 3.63) is 95.0 Å². The van der Waals surface area contributed by atoms with Crippen molar-refractivity contribution >= 4 is 23.4 Å². The van der Waals surface area contributed by atoms with E-state index in [1.807, 2.05) is 86.8 Å². The third-order valence-electron chi connectivity index (χ3n) is 5.69. The van der Waals surface area contributed by atoms with Crippen molar-refractivity contribution in [1.82, 2.24) is 10.2 Å². The summed E-state index contributed by atoms with van der Waals surface area (Å²) in [6, 6.07) is 23.5. The van der Waals surface area contributed by atoms with Gasteiger partial charge in [-0.3, -0.25) is 14.5 Å². The fraction of sp³-hybridized carbons (Fsp3) is 0.222. The van der Waals surface area contributed by atoms with Crippen LogP contribution in [0.25, 0.3) is 11.1 Å². The molecule has 0 aliphatic carbocycles. The number of nitrogens with zero attached hydrogens (tertiary/aromatic N) is 2. The highest BCUT2D eigenvalue weighted by Crippen LogP contribution is 2.30. The summed E-state index contributed by atoms with van der Waals surface area (Å²) >= 11 is 6.27. The lowest BCUT2D eigenvalue weighted by Gasteiger charge is -2.31. The third kappa shape index (κ3) is 5.79. The van der Waals surface area contributed by atoms with Crippen LogP contribution in [0.15, 0.2) is 78.9 Å². The zero-order valence-electron chi connectivity index (χ0n) is 18.9. The van der Waals surface area contributed by atoms with E-state index in [0.717, 1.165) is 21.6 Å². The lowest BCUT2D eigenvalue weighted by atomic mass is 9.79. The topological polar surface area (TPSA) is 73.2 Å². The zero-order chi connectivity index (χ0) is 24.0. The van der Waals surface area contributed by atoms with Crippen molar-refractivity contribution in [2.45, 2.75) is 31.7 Å². The van der Waals surface area contributed by atoms with E-state index in [-0.39, 0.29) is 5.91 Å². The Morgan fingerprint density at radius 3 is 2.21 bits per heavy atom. The Kier molecular flexibility index (Phi) is 7.52. The molecule has 2 amide bonds. The summed E-state index contributed by atoms with van der Waals surface area (Å²) in [4.78, 5) is 26.9. The van der Waals surface area contributed by atoms with Gasteiger partial charge in [0.15, 0.2) is 6.19 Å². The number of rotatable bonds is 7. The number of halogens is 1. The molecule has 0 aromatic heterocycles. The maximum absolute atomic E-state index is 13.0. The minimum atomic E-state index is -0.861. The Morgan fingerprint density at radius 2 is 1.61 bits per heavy atom. The second-order valence-electron chi connectivity index (χ2n) is 8.53. The van der Waals surface area contributed by atoms with Crippen LogP contribution in [-0.2, 0) is 10.2 Å². The van der Waals surface area contributed by atoms with Crippen LogP contribution in [-0.4, -0.2) is 29.8 Å². The van der Waals surface area contributed by atoms with E-state index in [1.54, 1.807) is 12.1 Å². The highest BCUT2D eigenvalue weighted by molar-refractivity contribution is 6.33. The molecule has 1 unspecified atom stereocenters. The molecule has 1 atom stereocenters. The molecule has 3 aromatic carbocycles. The second-order valence-corrected chi connectivity index (χ2v) is 8.94.